The highest BCUT2D eigenvalue weighted by atomic mass is 15.1. The highest BCUT2D eigenvalue weighted by Crippen LogP contribution is 2.18. The van der Waals surface area contributed by atoms with Gasteiger partial charge in [-0.3, -0.25) is 0 Å². The van der Waals surface area contributed by atoms with Crippen molar-refractivity contribution < 1.29 is 0 Å². The predicted octanol–water partition coefficient (Wildman–Crippen LogP) is 3.40. The summed E-state index contributed by atoms with van der Waals surface area (Å²) in [5, 5.41) is 0. The molecule has 0 radical (unpaired) electrons. The molecule has 2 atom stereocenters. The number of likely N-dealkylation sites (tertiary alicyclic amines) is 1. The van der Waals surface area contributed by atoms with Crippen LogP contribution in [0.3, 0.4) is 0 Å². The van der Waals surface area contributed by atoms with Gasteiger partial charge < -0.3 is 4.90 Å². The quantitative estimate of drug-likeness (QED) is 0.605. The van der Waals surface area contributed by atoms with E-state index in [-0.39, 0.29) is 0 Å². The topological polar surface area (TPSA) is 3.24 Å². The van der Waals surface area contributed by atoms with Crippen LogP contribution in [0.15, 0.2) is 0 Å². The van der Waals surface area contributed by atoms with Crippen molar-refractivity contribution in [3.8, 4) is 0 Å². The van der Waals surface area contributed by atoms with Crippen molar-refractivity contribution >= 4 is 0 Å². The lowest BCUT2D eigenvalue weighted by Crippen LogP contribution is -2.35. The van der Waals surface area contributed by atoms with Crippen molar-refractivity contribution in [3.63, 3.8) is 0 Å². The molecule has 0 spiro atoms. The Bertz CT molecular complexity index is 84.7. The minimum atomic E-state index is 0.916. The Hall–Kier alpha value is -0.0400. The van der Waals surface area contributed by atoms with E-state index in [4.69, 9.17) is 0 Å². The van der Waals surface area contributed by atoms with E-state index in [0.717, 1.165) is 11.8 Å². The maximum atomic E-state index is 2.43. The van der Waals surface area contributed by atoms with Gasteiger partial charge in [-0.25, -0.2) is 0 Å². The molecule has 1 rings (SSSR count). The van der Waals surface area contributed by atoms with Crippen molar-refractivity contribution in [1.82, 2.24) is 4.90 Å². The molecular weight excluding hydrogens is 158 g/mol. The van der Waals surface area contributed by atoms with Crippen LogP contribution in [0, 0.1) is 11.8 Å². The SMILES string of the molecule is CC1CC(C)CN(C)C1.CCCC. The molecule has 0 aromatic rings. The van der Waals surface area contributed by atoms with Gasteiger partial charge in [0.1, 0.15) is 0 Å². The molecule has 1 saturated heterocycles. The molecular formula is C12H27N. The highest BCUT2D eigenvalue weighted by Gasteiger charge is 2.17. The number of piperidine rings is 1. The van der Waals surface area contributed by atoms with Gasteiger partial charge in [0.05, 0.1) is 0 Å². The zero-order valence-electron chi connectivity index (χ0n) is 10.1. The van der Waals surface area contributed by atoms with Gasteiger partial charge in [-0.15, -0.1) is 0 Å². The molecule has 1 aliphatic rings. The van der Waals surface area contributed by atoms with Gasteiger partial charge >= 0.3 is 0 Å². The van der Waals surface area contributed by atoms with Crippen molar-refractivity contribution in [2.24, 2.45) is 11.8 Å². The smallest absolute Gasteiger partial charge is 0.000419 e. The van der Waals surface area contributed by atoms with Crippen LogP contribution < -0.4 is 0 Å². The summed E-state index contributed by atoms with van der Waals surface area (Å²) in [6.07, 6.45) is 4.06. The molecule has 0 amide bonds. The van der Waals surface area contributed by atoms with Crippen LogP contribution in [-0.4, -0.2) is 25.0 Å². The van der Waals surface area contributed by atoms with Crippen molar-refractivity contribution in [2.75, 3.05) is 20.1 Å². The fourth-order valence-electron chi connectivity index (χ4n) is 1.97. The first-order valence-corrected chi connectivity index (χ1v) is 5.78. The Kier molecular flexibility index (Phi) is 7.35. The molecule has 1 heteroatoms. The Labute approximate surface area is 84.5 Å². The fraction of sp³-hybridized carbons (Fsp3) is 1.00. The molecule has 0 aliphatic carbocycles. The average molecular weight is 185 g/mol. The zero-order chi connectivity index (χ0) is 10.3. The van der Waals surface area contributed by atoms with E-state index in [1.165, 1.54) is 32.4 Å². The third-order valence-electron chi connectivity index (χ3n) is 2.55. The third-order valence-corrected chi connectivity index (χ3v) is 2.55. The lowest BCUT2D eigenvalue weighted by atomic mass is 9.92. The summed E-state index contributed by atoms with van der Waals surface area (Å²) in [5.41, 5.74) is 0. The van der Waals surface area contributed by atoms with Gasteiger partial charge in [-0.1, -0.05) is 40.5 Å². The first kappa shape index (κ1) is 13.0. The van der Waals surface area contributed by atoms with Crippen LogP contribution in [0.25, 0.3) is 0 Å². The van der Waals surface area contributed by atoms with E-state index in [0.29, 0.717) is 0 Å². The van der Waals surface area contributed by atoms with Crippen LogP contribution in [0.5, 0.6) is 0 Å². The summed E-state index contributed by atoms with van der Waals surface area (Å²) in [6, 6.07) is 0. The minimum absolute atomic E-state index is 0.916. The second-order valence-corrected chi connectivity index (χ2v) is 4.67. The largest absolute Gasteiger partial charge is 0.306 e. The van der Waals surface area contributed by atoms with E-state index >= 15 is 0 Å². The second kappa shape index (κ2) is 7.37. The average Bonchev–Trinajstić information content (AvgIpc) is 2.02. The summed E-state index contributed by atoms with van der Waals surface area (Å²) < 4.78 is 0. The maximum absolute atomic E-state index is 2.43. The van der Waals surface area contributed by atoms with Crippen molar-refractivity contribution in [1.29, 1.82) is 0 Å². The second-order valence-electron chi connectivity index (χ2n) is 4.67. The van der Waals surface area contributed by atoms with Gasteiger partial charge in [0.2, 0.25) is 0 Å². The van der Waals surface area contributed by atoms with E-state index in [9.17, 15) is 0 Å². The van der Waals surface area contributed by atoms with E-state index in [2.05, 4.69) is 39.6 Å². The molecule has 0 aromatic heterocycles. The zero-order valence-corrected chi connectivity index (χ0v) is 10.1. The van der Waals surface area contributed by atoms with E-state index < -0.39 is 0 Å². The predicted molar refractivity (Wildman–Crippen MR) is 61.0 cm³/mol. The molecule has 0 bridgehead atoms. The summed E-state index contributed by atoms with van der Waals surface area (Å²) in [6.45, 7) is 11.6. The minimum Gasteiger partial charge on any atom is -0.306 e. The fourth-order valence-corrected chi connectivity index (χ4v) is 1.97. The summed E-state index contributed by atoms with van der Waals surface area (Å²) in [7, 11) is 2.21. The monoisotopic (exact) mass is 185 g/mol. The van der Waals surface area contributed by atoms with Crippen molar-refractivity contribution in [2.45, 2.75) is 47.0 Å². The highest BCUT2D eigenvalue weighted by molar-refractivity contribution is 4.71. The van der Waals surface area contributed by atoms with E-state index in [1.807, 2.05) is 0 Å². The maximum Gasteiger partial charge on any atom is 0.000419 e. The van der Waals surface area contributed by atoms with E-state index in [1.54, 1.807) is 0 Å². The molecule has 0 saturated carbocycles. The molecule has 2 unspecified atom stereocenters. The lowest BCUT2D eigenvalue weighted by molar-refractivity contribution is 0.171. The van der Waals surface area contributed by atoms with Crippen LogP contribution in [0.4, 0.5) is 0 Å². The molecule has 80 valence electrons. The van der Waals surface area contributed by atoms with Crippen molar-refractivity contribution in [3.05, 3.63) is 0 Å². The van der Waals surface area contributed by atoms with Gasteiger partial charge in [0.15, 0.2) is 0 Å². The van der Waals surface area contributed by atoms with Gasteiger partial charge in [-0.05, 0) is 25.3 Å². The number of rotatable bonds is 1. The Morgan fingerprint density at radius 3 is 1.62 bits per heavy atom. The first-order valence-electron chi connectivity index (χ1n) is 5.78. The molecule has 1 nitrogen and oxygen atoms in total. The van der Waals surface area contributed by atoms with Gasteiger partial charge in [-0.2, -0.15) is 0 Å². The number of hydrogen-bond acceptors (Lipinski definition) is 1. The number of hydrogen-bond donors (Lipinski definition) is 0. The van der Waals surface area contributed by atoms with Crippen LogP contribution in [0.2, 0.25) is 0 Å². The molecule has 13 heavy (non-hydrogen) atoms. The molecule has 1 aliphatic heterocycles. The normalized spacial score (nSPS) is 29.3. The first-order chi connectivity index (χ1) is 6.10. The summed E-state index contributed by atoms with van der Waals surface area (Å²) in [5.74, 6) is 1.83. The molecule has 1 heterocycles. The molecule has 0 aromatic carbocycles. The Balaban J connectivity index is 0.000000310. The van der Waals surface area contributed by atoms with Gasteiger partial charge in [0, 0.05) is 13.1 Å². The van der Waals surface area contributed by atoms with Gasteiger partial charge in [0.25, 0.3) is 0 Å². The third kappa shape index (κ3) is 7.06. The standard InChI is InChI=1S/C8H17N.C4H10/c1-7-4-8(2)6-9(3)5-7;1-3-4-2/h7-8H,4-6H2,1-3H3;3-4H2,1-2H3. The van der Waals surface area contributed by atoms with Crippen LogP contribution in [0.1, 0.15) is 47.0 Å². The lowest BCUT2D eigenvalue weighted by Gasteiger charge is -2.31. The molecule has 0 N–H and O–H groups in total. The summed E-state index contributed by atoms with van der Waals surface area (Å²) in [4.78, 5) is 2.43. The Morgan fingerprint density at radius 2 is 1.38 bits per heavy atom. The number of unbranched alkanes of at least 4 members (excludes halogenated alkanes) is 1. The summed E-state index contributed by atoms with van der Waals surface area (Å²) >= 11 is 0. The number of nitrogens with zero attached hydrogens (tertiary/aromatic N) is 1. The van der Waals surface area contributed by atoms with Crippen LogP contribution >= 0.6 is 0 Å². The Morgan fingerprint density at radius 1 is 1.00 bits per heavy atom. The van der Waals surface area contributed by atoms with Crippen LogP contribution in [-0.2, 0) is 0 Å². The molecule has 1 fully saturated rings.